The first kappa shape index (κ1) is 15.8. The zero-order valence-corrected chi connectivity index (χ0v) is 12.1. The second kappa shape index (κ2) is 6.75. The molecule has 0 aromatic rings. The number of methoxy groups -OCH3 is 1. The number of amides is 2. The van der Waals surface area contributed by atoms with Gasteiger partial charge in [0.05, 0.1) is 18.6 Å². The molecule has 2 amide bonds. The van der Waals surface area contributed by atoms with Gasteiger partial charge in [-0.3, -0.25) is 4.79 Å². The van der Waals surface area contributed by atoms with Crippen molar-refractivity contribution in [3.8, 4) is 0 Å². The zero-order valence-electron chi connectivity index (χ0n) is 12.1. The van der Waals surface area contributed by atoms with Gasteiger partial charge in [-0.15, -0.1) is 0 Å². The molecule has 1 saturated heterocycles. The quantitative estimate of drug-likeness (QED) is 0.814. The third kappa shape index (κ3) is 3.59. The largest absolute Gasteiger partial charge is 0.481 e. The van der Waals surface area contributed by atoms with Gasteiger partial charge >= 0.3 is 12.0 Å². The van der Waals surface area contributed by atoms with Crippen molar-refractivity contribution in [1.82, 2.24) is 9.80 Å². The summed E-state index contributed by atoms with van der Waals surface area (Å²) in [6.07, 6.45) is 0. The van der Waals surface area contributed by atoms with E-state index in [1.807, 2.05) is 20.8 Å². The molecule has 0 spiro atoms. The summed E-state index contributed by atoms with van der Waals surface area (Å²) in [5, 5.41) is 9.10. The van der Waals surface area contributed by atoms with Gasteiger partial charge in [0.15, 0.2) is 0 Å². The average Bonchev–Trinajstić information content (AvgIpc) is 2.72. The van der Waals surface area contributed by atoms with Gasteiger partial charge in [-0.1, -0.05) is 6.92 Å². The predicted octanol–water partition coefficient (Wildman–Crippen LogP) is 1.12. The normalized spacial score (nSPS) is 24.3. The molecule has 0 aliphatic carbocycles. The first-order valence-corrected chi connectivity index (χ1v) is 6.69. The minimum atomic E-state index is -0.823. The topological polar surface area (TPSA) is 70.1 Å². The summed E-state index contributed by atoms with van der Waals surface area (Å²) in [6, 6.07) is -0.107. The maximum Gasteiger partial charge on any atom is 0.320 e. The molecule has 6 nitrogen and oxygen atoms in total. The van der Waals surface area contributed by atoms with E-state index in [1.54, 1.807) is 16.9 Å². The van der Waals surface area contributed by atoms with Crippen LogP contribution in [-0.2, 0) is 9.53 Å². The molecule has 3 unspecified atom stereocenters. The second-order valence-corrected chi connectivity index (χ2v) is 5.20. The van der Waals surface area contributed by atoms with Crippen molar-refractivity contribution in [3.63, 3.8) is 0 Å². The number of aliphatic carboxylic acids is 1. The fourth-order valence-corrected chi connectivity index (χ4v) is 2.59. The van der Waals surface area contributed by atoms with Gasteiger partial charge in [-0.25, -0.2) is 4.79 Å². The van der Waals surface area contributed by atoms with Crippen LogP contribution in [0, 0.1) is 11.8 Å². The first-order chi connectivity index (χ1) is 8.92. The van der Waals surface area contributed by atoms with Crippen LogP contribution in [0.5, 0.6) is 0 Å². The lowest BCUT2D eigenvalue weighted by atomic mass is 9.99. The Morgan fingerprint density at radius 1 is 1.47 bits per heavy atom. The van der Waals surface area contributed by atoms with E-state index in [0.717, 1.165) is 0 Å². The van der Waals surface area contributed by atoms with Crippen LogP contribution < -0.4 is 0 Å². The van der Waals surface area contributed by atoms with E-state index < -0.39 is 11.9 Å². The van der Waals surface area contributed by atoms with Gasteiger partial charge in [0.2, 0.25) is 0 Å². The molecule has 1 N–H and O–H groups in total. The fourth-order valence-electron chi connectivity index (χ4n) is 2.59. The number of ether oxygens (including phenoxy) is 1. The maximum absolute atomic E-state index is 12.4. The van der Waals surface area contributed by atoms with Crippen molar-refractivity contribution >= 4 is 12.0 Å². The van der Waals surface area contributed by atoms with Crippen LogP contribution in [0.3, 0.4) is 0 Å². The molecular weight excluding hydrogens is 248 g/mol. The Kier molecular flexibility index (Phi) is 5.60. The standard InChI is InChI=1S/C13H24N2O4/c1-5-15(10(3)8-19-4)13(18)14-6-9(2)11(7-14)12(16)17/h9-11H,5-8H2,1-4H3,(H,16,17). The number of hydrogen-bond donors (Lipinski definition) is 1. The number of likely N-dealkylation sites (tertiary alicyclic amines) is 1. The van der Waals surface area contributed by atoms with Gasteiger partial charge in [0.25, 0.3) is 0 Å². The number of hydrogen-bond acceptors (Lipinski definition) is 3. The average molecular weight is 272 g/mol. The molecule has 3 atom stereocenters. The van der Waals surface area contributed by atoms with E-state index in [1.165, 1.54) is 0 Å². The number of carbonyl (C=O) groups is 2. The van der Waals surface area contributed by atoms with Gasteiger partial charge in [-0.2, -0.15) is 0 Å². The highest BCUT2D eigenvalue weighted by Crippen LogP contribution is 2.24. The predicted molar refractivity (Wildman–Crippen MR) is 71.0 cm³/mol. The van der Waals surface area contributed by atoms with Crippen LogP contribution in [0.25, 0.3) is 0 Å². The summed E-state index contributed by atoms with van der Waals surface area (Å²) in [6.45, 7) is 7.59. The summed E-state index contributed by atoms with van der Waals surface area (Å²) in [5.74, 6) is -1.28. The van der Waals surface area contributed by atoms with Crippen LogP contribution in [-0.4, -0.2) is 66.3 Å². The molecule has 0 aromatic heterocycles. The highest BCUT2D eigenvalue weighted by atomic mass is 16.5. The lowest BCUT2D eigenvalue weighted by Crippen LogP contribution is -2.48. The van der Waals surface area contributed by atoms with Crippen molar-refractivity contribution in [2.75, 3.05) is 33.4 Å². The van der Waals surface area contributed by atoms with Crippen LogP contribution in [0.4, 0.5) is 4.79 Å². The Balaban J connectivity index is 2.69. The van der Waals surface area contributed by atoms with E-state index in [-0.39, 0.29) is 18.0 Å². The minimum absolute atomic E-state index is 0.00196. The molecule has 110 valence electrons. The fraction of sp³-hybridized carbons (Fsp3) is 0.846. The Bertz CT molecular complexity index is 335. The van der Waals surface area contributed by atoms with E-state index in [9.17, 15) is 9.59 Å². The second-order valence-electron chi connectivity index (χ2n) is 5.20. The summed E-state index contributed by atoms with van der Waals surface area (Å²) in [7, 11) is 1.60. The number of urea groups is 1. The van der Waals surface area contributed by atoms with Crippen molar-refractivity contribution in [1.29, 1.82) is 0 Å². The van der Waals surface area contributed by atoms with Crippen molar-refractivity contribution < 1.29 is 19.4 Å². The number of carboxylic acids is 1. The summed E-state index contributed by atoms with van der Waals surface area (Å²) in [5.41, 5.74) is 0. The smallest absolute Gasteiger partial charge is 0.320 e. The molecule has 0 bridgehead atoms. The molecule has 1 aliphatic rings. The third-order valence-corrected chi connectivity index (χ3v) is 3.73. The molecule has 1 rings (SSSR count). The SMILES string of the molecule is CCN(C(=O)N1CC(C)C(C(=O)O)C1)C(C)COC. The lowest BCUT2D eigenvalue weighted by Gasteiger charge is -2.31. The molecule has 0 saturated carbocycles. The minimum Gasteiger partial charge on any atom is -0.481 e. The van der Waals surface area contributed by atoms with Crippen LogP contribution in [0.2, 0.25) is 0 Å². The summed E-state index contributed by atoms with van der Waals surface area (Å²) < 4.78 is 5.07. The number of likely N-dealkylation sites (N-methyl/N-ethyl adjacent to an activating group) is 1. The van der Waals surface area contributed by atoms with Gasteiger partial charge < -0.3 is 19.6 Å². The number of rotatable bonds is 5. The van der Waals surface area contributed by atoms with Crippen molar-refractivity contribution in [2.45, 2.75) is 26.8 Å². The summed E-state index contributed by atoms with van der Waals surface area (Å²) >= 11 is 0. The monoisotopic (exact) mass is 272 g/mol. The van der Waals surface area contributed by atoms with Gasteiger partial charge in [0, 0.05) is 26.7 Å². The maximum atomic E-state index is 12.4. The molecule has 0 radical (unpaired) electrons. The number of carboxylic acid groups (broad SMARTS) is 1. The highest BCUT2D eigenvalue weighted by molar-refractivity contribution is 5.78. The van der Waals surface area contributed by atoms with E-state index in [2.05, 4.69) is 0 Å². The molecule has 0 aromatic carbocycles. The van der Waals surface area contributed by atoms with E-state index in [4.69, 9.17) is 9.84 Å². The zero-order chi connectivity index (χ0) is 14.6. The van der Waals surface area contributed by atoms with E-state index >= 15 is 0 Å². The number of carbonyl (C=O) groups excluding carboxylic acids is 1. The van der Waals surface area contributed by atoms with Crippen LogP contribution in [0.1, 0.15) is 20.8 Å². The van der Waals surface area contributed by atoms with Gasteiger partial charge in [0.1, 0.15) is 0 Å². The Labute approximate surface area is 114 Å². The molecule has 19 heavy (non-hydrogen) atoms. The van der Waals surface area contributed by atoms with E-state index in [0.29, 0.717) is 26.2 Å². The lowest BCUT2D eigenvalue weighted by molar-refractivity contribution is -0.142. The van der Waals surface area contributed by atoms with Gasteiger partial charge in [-0.05, 0) is 19.8 Å². The van der Waals surface area contributed by atoms with Crippen LogP contribution in [0.15, 0.2) is 0 Å². The molecular formula is C13H24N2O4. The Morgan fingerprint density at radius 2 is 2.11 bits per heavy atom. The van der Waals surface area contributed by atoms with Crippen LogP contribution >= 0.6 is 0 Å². The summed E-state index contributed by atoms with van der Waals surface area (Å²) in [4.78, 5) is 26.9. The number of nitrogens with zero attached hydrogens (tertiary/aromatic N) is 2. The first-order valence-electron chi connectivity index (χ1n) is 6.69. The molecule has 1 aliphatic heterocycles. The molecule has 1 fully saturated rings. The Morgan fingerprint density at radius 3 is 2.53 bits per heavy atom. The van der Waals surface area contributed by atoms with Crippen molar-refractivity contribution in [2.24, 2.45) is 11.8 Å². The molecule has 6 heteroatoms. The highest BCUT2D eigenvalue weighted by Gasteiger charge is 2.38. The van der Waals surface area contributed by atoms with Crippen molar-refractivity contribution in [3.05, 3.63) is 0 Å². The molecule has 1 heterocycles. The Hall–Kier alpha value is -1.30. The third-order valence-electron chi connectivity index (χ3n) is 3.73.